The molecule has 0 atom stereocenters. The summed E-state index contributed by atoms with van der Waals surface area (Å²) in [4.78, 5) is 8.69. The molecule has 0 fully saturated rings. The molecule has 0 saturated heterocycles. The van der Waals surface area contributed by atoms with Crippen molar-refractivity contribution in [1.29, 1.82) is 0 Å². The fourth-order valence-electron chi connectivity index (χ4n) is 2.92. The highest BCUT2D eigenvalue weighted by atomic mass is 35.5. The van der Waals surface area contributed by atoms with Crippen LogP contribution in [0.2, 0.25) is 5.15 Å². The fraction of sp³-hybridized carbons (Fsp3) is 0.176. The zero-order valence-electron chi connectivity index (χ0n) is 11.2. The Morgan fingerprint density at radius 2 is 1.86 bits per heavy atom. The van der Waals surface area contributed by atoms with Crippen LogP contribution in [0.3, 0.4) is 0 Å². The van der Waals surface area contributed by atoms with Crippen molar-refractivity contribution in [1.82, 2.24) is 9.97 Å². The lowest BCUT2D eigenvalue weighted by Gasteiger charge is -2.07. The predicted octanol–water partition coefficient (Wildman–Crippen LogP) is 4.58. The summed E-state index contributed by atoms with van der Waals surface area (Å²) in [5.74, 6) is 0.103. The largest absolute Gasteiger partial charge is 0.225 e. The van der Waals surface area contributed by atoms with E-state index in [4.69, 9.17) is 11.6 Å². The second kappa shape index (κ2) is 4.78. The Labute approximate surface area is 126 Å². The van der Waals surface area contributed by atoms with Gasteiger partial charge in [0, 0.05) is 10.9 Å². The molecule has 0 amide bonds. The molecule has 0 aliphatic heterocycles. The number of hydrogen-bond donors (Lipinski definition) is 0. The third kappa shape index (κ3) is 2.09. The highest BCUT2D eigenvalue weighted by Crippen LogP contribution is 2.29. The van der Waals surface area contributed by atoms with Gasteiger partial charge in [-0.15, -0.1) is 0 Å². The lowest BCUT2D eigenvalue weighted by Crippen LogP contribution is -1.95. The summed E-state index contributed by atoms with van der Waals surface area (Å²) in [5, 5.41) is 0.830. The molecule has 4 rings (SSSR count). The van der Waals surface area contributed by atoms with Gasteiger partial charge >= 0.3 is 0 Å². The van der Waals surface area contributed by atoms with Crippen LogP contribution in [0.4, 0.5) is 4.39 Å². The van der Waals surface area contributed by atoms with Crippen molar-refractivity contribution >= 4 is 22.5 Å². The Morgan fingerprint density at radius 3 is 2.76 bits per heavy atom. The van der Waals surface area contributed by atoms with Crippen molar-refractivity contribution in [2.75, 3.05) is 0 Å². The molecule has 104 valence electrons. The van der Waals surface area contributed by atoms with E-state index in [1.807, 2.05) is 6.07 Å². The number of fused-ring (bicyclic) bond motifs is 2. The minimum atomic E-state index is -0.376. The molecule has 4 heteroatoms. The highest BCUT2D eigenvalue weighted by Gasteiger charge is 2.15. The van der Waals surface area contributed by atoms with Gasteiger partial charge in [-0.2, -0.15) is 0 Å². The molecule has 1 aliphatic carbocycles. The summed E-state index contributed by atoms with van der Waals surface area (Å²) in [6, 6.07) is 10.9. The maximum atomic E-state index is 13.9. The van der Waals surface area contributed by atoms with Gasteiger partial charge in [-0.05, 0) is 48.6 Å². The summed E-state index contributed by atoms with van der Waals surface area (Å²) < 4.78 is 13.9. The highest BCUT2D eigenvalue weighted by molar-refractivity contribution is 6.34. The monoisotopic (exact) mass is 298 g/mol. The third-order valence-electron chi connectivity index (χ3n) is 3.99. The second-order valence-corrected chi connectivity index (χ2v) is 5.67. The fourth-order valence-corrected chi connectivity index (χ4v) is 3.15. The summed E-state index contributed by atoms with van der Waals surface area (Å²) in [6.07, 6.45) is 3.40. The zero-order valence-corrected chi connectivity index (χ0v) is 12.0. The van der Waals surface area contributed by atoms with Gasteiger partial charge in [0.05, 0.1) is 0 Å². The average molecular weight is 299 g/mol. The predicted molar refractivity (Wildman–Crippen MR) is 82.0 cm³/mol. The molecule has 3 aromatic rings. The van der Waals surface area contributed by atoms with Gasteiger partial charge in [-0.25, -0.2) is 14.4 Å². The SMILES string of the molecule is Fc1cccc2c(Cl)nc(-c3ccc4c(c3)CCC4)nc12. The molecule has 2 nitrogen and oxygen atoms in total. The molecule has 0 unspecified atom stereocenters. The van der Waals surface area contributed by atoms with Crippen LogP contribution in [0.15, 0.2) is 36.4 Å². The van der Waals surface area contributed by atoms with E-state index in [1.54, 1.807) is 12.1 Å². The number of aromatic nitrogens is 2. The molecule has 0 bridgehead atoms. The summed E-state index contributed by atoms with van der Waals surface area (Å²) in [7, 11) is 0. The number of para-hydroxylation sites is 1. The first-order chi connectivity index (χ1) is 10.2. The van der Waals surface area contributed by atoms with Crippen LogP contribution >= 0.6 is 11.6 Å². The van der Waals surface area contributed by atoms with Gasteiger partial charge in [0.25, 0.3) is 0 Å². The van der Waals surface area contributed by atoms with Crippen LogP contribution in [-0.2, 0) is 12.8 Å². The average Bonchev–Trinajstić information content (AvgIpc) is 2.95. The number of nitrogens with zero attached hydrogens (tertiary/aromatic N) is 2. The summed E-state index contributed by atoms with van der Waals surface area (Å²) in [5.41, 5.74) is 3.88. The smallest absolute Gasteiger partial charge is 0.161 e. The molecule has 0 spiro atoms. The van der Waals surface area contributed by atoms with Gasteiger partial charge in [-0.1, -0.05) is 29.8 Å². The van der Waals surface area contributed by atoms with Crippen LogP contribution in [0, 0.1) is 5.82 Å². The molecule has 21 heavy (non-hydrogen) atoms. The molecular weight excluding hydrogens is 287 g/mol. The van der Waals surface area contributed by atoms with Crippen molar-refractivity contribution in [2.24, 2.45) is 0 Å². The molecular formula is C17H12ClFN2. The molecule has 1 heterocycles. The van der Waals surface area contributed by atoms with Gasteiger partial charge in [0.2, 0.25) is 0 Å². The first-order valence-corrected chi connectivity index (χ1v) is 7.34. The quantitative estimate of drug-likeness (QED) is 0.615. The minimum absolute atomic E-state index is 0.271. The van der Waals surface area contributed by atoms with E-state index in [0.29, 0.717) is 11.2 Å². The van der Waals surface area contributed by atoms with E-state index >= 15 is 0 Å². The molecule has 1 aliphatic rings. The van der Waals surface area contributed by atoms with E-state index in [2.05, 4.69) is 22.1 Å². The summed E-state index contributed by atoms with van der Waals surface area (Å²) in [6.45, 7) is 0. The lowest BCUT2D eigenvalue weighted by atomic mass is 10.1. The van der Waals surface area contributed by atoms with Crippen LogP contribution in [0.25, 0.3) is 22.3 Å². The molecule has 0 N–H and O–H groups in total. The minimum Gasteiger partial charge on any atom is -0.225 e. The van der Waals surface area contributed by atoms with E-state index < -0.39 is 0 Å². The Kier molecular flexibility index (Phi) is 2.89. The Morgan fingerprint density at radius 1 is 1.00 bits per heavy atom. The van der Waals surface area contributed by atoms with Gasteiger partial charge < -0.3 is 0 Å². The Bertz CT molecular complexity index is 861. The van der Waals surface area contributed by atoms with Crippen molar-refractivity contribution in [2.45, 2.75) is 19.3 Å². The normalized spacial score (nSPS) is 13.6. The molecule has 0 saturated carbocycles. The lowest BCUT2D eigenvalue weighted by molar-refractivity contribution is 0.636. The van der Waals surface area contributed by atoms with Crippen molar-refractivity contribution in [3.05, 3.63) is 58.5 Å². The van der Waals surface area contributed by atoms with E-state index in [9.17, 15) is 4.39 Å². The molecule has 0 radical (unpaired) electrons. The van der Waals surface area contributed by atoms with Crippen molar-refractivity contribution in [3.8, 4) is 11.4 Å². The van der Waals surface area contributed by atoms with Gasteiger partial charge in [0.15, 0.2) is 5.82 Å². The number of halogens is 2. The van der Waals surface area contributed by atoms with E-state index in [-0.39, 0.29) is 16.5 Å². The first-order valence-electron chi connectivity index (χ1n) is 6.96. The second-order valence-electron chi connectivity index (χ2n) is 5.31. The van der Waals surface area contributed by atoms with E-state index in [1.165, 1.54) is 23.6 Å². The topological polar surface area (TPSA) is 25.8 Å². The maximum absolute atomic E-state index is 13.9. The maximum Gasteiger partial charge on any atom is 0.161 e. The standard InChI is InChI=1S/C17H12ClFN2/c18-16-13-5-2-6-14(19)15(13)20-17(21-16)12-8-7-10-3-1-4-11(10)9-12/h2,5-9H,1,3-4H2. The van der Waals surface area contributed by atoms with Crippen LogP contribution in [0.5, 0.6) is 0 Å². The number of benzene rings is 2. The van der Waals surface area contributed by atoms with Crippen molar-refractivity contribution < 1.29 is 4.39 Å². The molecule has 1 aromatic heterocycles. The zero-order chi connectivity index (χ0) is 14.4. The third-order valence-corrected chi connectivity index (χ3v) is 4.28. The van der Waals surface area contributed by atoms with Gasteiger partial charge in [-0.3, -0.25) is 0 Å². The van der Waals surface area contributed by atoms with Crippen LogP contribution in [0.1, 0.15) is 17.5 Å². The van der Waals surface area contributed by atoms with Crippen LogP contribution in [-0.4, -0.2) is 9.97 Å². The molecule has 2 aromatic carbocycles. The Balaban J connectivity index is 1.92. The van der Waals surface area contributed by atoms with Crippen LogP contribution < -0.4 is 0 Å². The number of hydrogen-bond acceptors (Lipinski definition) is 2. The first kappa shape index (κ1) is 12.7. The summed E-state index contributed by atoms with van der Waals surface area (Å²) >= 11 is 6.18. The number of aryl methyl sites for hydroxylation is 2. The number of rotatable bonds is 1. The van der Waals surface area contributed by atoms with Crippen molar-refractivity contribution in [3.63, 3.8) is 0 Å². The van der Waals surface area contributed by atoms with E-state index in [0.717, 1.165) is 18.4 Å². The Hall–Kier alpha value is -2.00. The van der Waals surface area contributed by atoms with Gasteiger partial charge in [0.1, 0.15) is 16.5 Å².